The van der Waals surface area contributed by atoms with E-state index in [-0.39, 0.29) is 18.1 Å². The number of carbonyl (C=O) groups is 1. The van der Waals surface area contributed by atoms with Crippen LogP contribution in [0.15, 0.2) is 24.3 Å². The zero-order chi connectivity index (χ0) is 14.5. The molecule has 0 radical (unpaired) electrons. The van der Waals surface area contributed by atoms with Crippen molar-refractivity contribution in [3.05, 3.63) is 29.8 Å². The number of alkyl halides is 1. The first-order chi connectivity index (χ1) is 9.62. The van der Waals surface area contributed by atoms with Gasteiger partial charge in [-0.2, -0.15) is 0 Å². The maximum absolute atomic E-state index is 12.4. The summed E-state index contributed by atoms with van der Waals surface area (Å²) in [5.74, 6) is 1.28. The third-order valence-corrected chi connectivity index (χ3v) is 3.68. The van der Waals surface area contributed by atoms with Crippen LogP contribution in [-0.4, -0.2) is 49.1 Å². The van der Waals surface area contributed by atoms with Crippen molar-refractivity contribution in [1.29, 1.82) is 0 Å². The lowest BCUT2D eigenvalue weighted by Gasteiger charge is -2.36. The number of amides is 1. The molecule has 1 aliphatic rings. The Kier molecular flexibility index (Phi) is 5.26. The van der Waals surface area contributed by atoms with Crippen LogP contribution in [0.2, 0.25) is 0 Å². The quantitative estimate of drug-likeness (QED) is 0.799. The topological polar surface area (TPSA) is 38.8 Å². The fraction of sp³-hybridized carbons (Fsp3) is 0.533. The second kappa shape index (κ2) is 6.95. The minimum Gasteiger partial charge on any atom is -0.497 e. The van der Waals surface area contributed by atoms with Gasteiger partial charge in [-0.25, -0.2) is 0 Å². The number of methoxy groups -OCH3 is 1. The molecule has 2 rings (SSSR count). The van der Waals surface area contributed by atoms with Crippen LogP contribution in [0.5, 0.6) is 5.75 Å². The van der Waals surface area contributed by atoms with E-state index in [1.54, 1.807) is 7.11 Å². The largest absolute Gasteiger partial charge is 0.497 e. The summed E-state index contributed by atoms with van der Waals surface area (Å²) in [6.07, 6.45) is 0.329. The van der Waals surface area contributed by atoms with Gasteiger partial charge < -0.3 is 14.4 Å². The Morgan fingerprint density at radius 1 is 1.50 bits per heavy atom. The Morgan fingerprint density at radius 3 is 3.00 bits per heavy atom. The molecule has 1 aromatic rings. The number of benzene rings is 1. The van der Waals surface area contributed by atoms with E-state index in [1.165, 1.54) is 0 Å². The number of halogens is 1. The Labute approximate surface area is 124 Å². The van der Waals surface area contributed by atoms with Crippen LogP contribution in [0.4, 0.5) is 0 Å². The molecule has 0 N–H and O–H groups in total. The molecule has 110 valence electrons. The van der Waals surface area contributed by atoms with Crippen LogP contribution in [0.25, 0.3) is 0 Å². The van der Waals surface area contributed by atoms with Crippen LogP contribution >= 0.6 is 11.6 Å². The zero-order valence-electron chi connectivity index (χ0n) is 11.8. The molecule has 0 spiro atoms. The molecule has 0 aliphatic carbocycles. The number of hydrogen-bond donors (Lipinski definition) is 0. The van der Waals surface area contributed by atoms with Gasteiger partial charge in [0.25, 0.3) is 0 Å². The molecule has 0 saturated carbocycles. The average Bonchev–Trinajstić information content (AvgIpc) is 2.46. The van der Waals surface area contributed by atoms with E-state index in [2.05, 4.69) is 0 Å². The molecule has 0 bridgehead atoms. The predicted molar refractivity (Wildman–Crippen MR) is 78.3 cm³/mol. The highest BCUT2D eigenvalue weighted by Crippen LogP contribution is 2.16. The summed E-state index contributed by atoms with van der Waals surface area (Å²) in [7, 11) is 1.62. The third kappa shape index (κ3) is 3.87. The highest BCUT2D eigenvalue weighted by atomic mass is 35.5. The highest BCUT2D eigenvalue weighted by Gasteiger charge is 2.27. The van der Waals surface area contributed by atoms with E-state index in [1.807, 2.05) is 36.1 Å². The van der Waals surface area contributed by atoms with Crippen molar-refractivity contribution < 1.29 is 14.3 Å². The second-order valence-corrected chi connectivity index (χ2v) is 5.36. The Hall–Kier alpha value is -1.26. The highest BCUT2D eigenvalue weighted by molar-refractivity contribution is 6.18. The maximum Gasteiger partial charge on any atom is 0.227 e. The fourth-order valence-electron chi connectivity index (χ4n) is 2.40. The van der Waals surface area contributed by atoms with Gasteiger partial charge in [0, 0.05) is 13.1 Å². The van der Waals surface area contributed by atoms with Gasteiger partial charge in [-0.15, -0.1) is 11.6 Å². The monoisotopic (exact) mass is 297 g/mol. The molecule has 0 aromatic heterocycles. The SMILES string of the molecule is COc1cccc(CC(=O)N2CC(C)OC(CCl)C2)c1. The summed E-state index contributed by atoms with van der Waals surface area (Å²) in [5, 5.41) is 0. The van der Waals surface area contributed by atoms with Crippen molar-refractivity contribution in [3.63, 3.8) is 0 Å². The fourth-order valence-corrected chi connectivity index (χ4v) is 2.57. The molecule has 5 heteroatoms. The molecule has 2 atom stereocenters. The Morgan fingerprint density at radius 2 is 2.30 bits per heavy atom. The molecule has 1 amide bonds. The summed E-state index contributed by atoms with van der Waals surface area (Å²) in [5.41, 5.74) is 0.955. The van der Waals surface area contributed by atoms with Crippen LogP contribution in [-0.2, 0) is 16.0 Å². The maximum atomic E-state index is 12.4. The summed E-state index contributed by atoms with van der Waals surface area (Å²) in [6.45, 7) is 3.15. The Balaban J connectivity index is 2.00. The normalized spacial score (nSPS) is 22.6. The van der Waals surface area contributed by atoms with E-state index < -0.39 is 0 Å². The van der Waals surface area contributed by atoms with E-state index in [9.17, 15) is 4.79 Å². The standard InChI is InChI=1S/C15H20ClNO3/c1-11-9-17(10-14(8-16)20-11)15(18)7-12-4-3-5-13(6-12)19-2/h3-6,11,14H,7-10H2,1-2H3. The van der Waals surface area contributed by atoms with Crippen molar-refractivity contribution in [3.8, 4) is 5.75 Å². The van der Waals surface area contributed by atoms with E-state index in [0.29, 0.717) is 25.4 Å². The minimum atomic E-state index is -0.0744. The van der Waals surface area contributed by atoms with Gasteiger partial charge in [-0.1, -0.05) is 12.1 Å². The summed E-state index contributed by atoms with van der Waals surface area (Å²) >= 11 is 5.84. The predicted octanol–water partition coefficient (Wildman–Crippen LogP) is 2.09. The van der Waals surface area contributed by atoms with Crippen LogP contribution in [0.3, 0.4) is 0 Å². The van der Waals surface area contributed by atoms with Crippen molar-refractivity contribution in [1.82, 2.24) is 4.90 Å². The molecular formula is C15H20ClNO3. The van der Waals surface area contributed by atoms with Crippen molar-refractivity contribution in [2.24, 2.45) is 0 Å². The number of ether oxygens (including phenoxy) is 2. The van der Waals surface area contributed by atoms with Gasteiger partial charge in [0.1, 0.15) is 5.75 Å². The van der Waals surface area contributed by atoms with E-state index >= 15 is 0 Å². The second-order valence-electron chi connectivity index (χ2n) is 5.05. The number of carbonyl (C=O) groups excluding carboxylic acids is 1. The first kappa shape index (κ1) is 15.1. The first-order valence-electron chi connectivity index (χ1n) is 6.74. The Bertz CT molecular complexity index is 466. The smallest absolute Gasteiger partial charge is 0.227 e. The van der Waals surface area contributed by atoms with Gasteiger partial charge >= 0.3 is 0 Å². The van der Waals surface area contributed by atoms with Crippen LogP contribution in [0, 0.1) is 0 Å². The number of rotatable bonds is 4. The van der Waals surface area contributed by atoms with Crippen LogP contribution < -0.4 is 4.74 Å². The minimum absolute atomic E-state index is 0.0294. The van der Waals surface area contributed by atoms with E-state index in [4.69, 9.17) is 21.1 Å². The molecule has 1 fully saturated rings. The van der Waals surface area contributed by atoms with Crippen LogP contribution in [0.1, 0.15) is 12.5 Å². The van der Waals surface area contributed by atoms with Crippen molar-refractivity contribution >= 4 is 17.5 Å². The van der Waals surface area contributed by atoms with Gasteiger partial charge in [0.2, 0.25) is 5.91 Å². The first-order valence-corrected chi connectivity index (χ1v) is 7.28. The van der Waals surface area contributed by atoms with Crippen molar-refractivity contribution in [2.45, 2.75) is 25.6 Å². The zero-order valence-corrected chi connectivity index (χ0v) is 12.6. The van der Waals surface area contributed by atoms with Gasteiger partial charge in [-0.3, -0.25) is 4.79 Å². The van der Waals surface area contributed by atoms with Gasteiger partial charge in [-0.05, 0) is 24.6 Å². The summed E-state index contributed by atoms with van der Waals surface area (Å²) in [6, 6.07) is 7.59. The molecule has 1 heterocycles. The molecular weight excluding hydrogens is 278 g/mol. The molecule has 20 heavy (non-hydrogen) atoms. The number of nitrogens with zero attached hydrogens (tertiary/aromatic N) is 1. The summed E-state index contributed by atoms with van der Waals surface area (Å²) < 4.78 is 10.8. The van der Waals surface area contributed by atoms with E-state index in [0.717, 1.165) is 11.3 Å². The van der Waals surface area contributed by atoms with Gasteiger partial charge in [0.15, 0.2) is 0 Å². The molecule has 1 aromatic carbocycles. The lowest BCUT2D eigenvalue weighted by Crippen LogP contribution is -2.50. The third-order valence-electron chi connectivity index (χ3n) is 3.34. The summed E-state index contributed by atoms with van der Waals surface area (Å²) in [4.78, 5) is 14.2. The number of hydrogen-bond acceptors (Lipinski definition) is 3. The molecule has 2 unspecified atom stereocenters. The van der Waals surface area contributed by atoms with Gasteiger partial charge in [0.05, 0.1) is 31.6 Å². The average molecular weight is 298 g/mol. The van der Waals surface area contributed by atoms with Crippen molar-refractivity contribution in [2.75, 3.05) is 26.1 Å². The molecule has 1 saturated heterocycles. The molecule has 4 nitrogen and oxygen atoms in total. The lowest BCUT2D eigenvalue weighted by atomic mass is 10.1. The molecule has 1 aliphatic heterocycles. The number of morpholine rings is 1. The lowest BCUT2D eigenvalue weighted by molar-refractivity contribution is -0.142.